The van der Waals surface area contributed by atoms with Crippen molar-refractivity contribution in [3.05, 3.63) is 29.0 Å². The Morgan fingerprint density at radius 2 is 2.17 bits per heavy atom. The molecule has 2 atom stereocenters. The maximum atomic E-state index is 12.7. The standard InChI is InChI=1S/C14H17F3N4OS2/c1-3-4-7-24(22)21-9(2)13-19-12(20-23-13)10-5-6-18-11(8-10)14(15,16)17/h5-6,8-9,21H,3-4,7H2,1-2H3/t9-,24?/m0/s1. The van der Waals surface area contributed by atoms with Crippen LogP contribution in [0.4, 0.5) is 13.2 Å². The molecule has 0 aliphatic rings. The third-order valence-corrected chi connectivity index (χ3v) is 5.28. The molecule has 2 heterocycles. The summed E-state index contributed by atoms with van der Waals surface area (Å²) < 4.78 is 57.0. The zero-order valence-corrected chi connectivity index (χ0v) is 14.8. The van der Waals surface area contributed by atoms with Crippen LogP contribution in [0.1, 0.15) is 43.4 Å². The summed E-state index contributed by atoms with van der Waals surface area (Å²) in [6.07, 6.45) is -1.63. The number of halogens is 3. The van der Waals surface area contributed by atoms with Crippen LogP contribution in [0.3, 0.4) is 0 Å². The number of alkyl halides is 3. The largest absolute Gasteiger partial charge is 0.598 e. The second-order valence-corrected chi connectivity index (χ2v) is 7.24. The van der Waals surface area contributed by atoms with E-state index < -0.39 is 23.2 Å². The molecule has 2 aromatic rings. The smallest absolute Gasteiger partial charge is 0.433 e. The number of pyridine rings is 1. The molecular formula is C14H17F3N4OS2. The van der Waals surface area contributed by atoms with E-state index in [9.17, 15) is 17.7 Å². The quantitative estimate of drug-likeness (QED) is 0.743. The third-order valence-electron chi connectivity index (χ3n) is 3.11. The zero-order chi connectivity index (χ0) is 17.7. The van der Waals surface area contributed by atoms with E-state index in [4.69, 9.17) is 0 Å². The van der Waals surface area contributed by atoms with Crippen LogP contribution in [0.15, 0.2) is 18.3 Å². The summed E-state index contributed by atoms with van der Waals surface area (Å²) in [5.41, 5.74) is -0.734. The number of aromatic nitrogens is 3. The van der Waals surface area contributed by atoms with Gasteiger partial charge in [0.1, 0.15) is 22.5 Å². The lowest BCUT2D eigenvalue weighted by molar-refractivity contribution is -0.141. The molecule has 1 N–H and O–H groups in total. The Kier molecular flexibility index (Phi) is 6.55. The Labute approximate surface area is 145 Å². The van der Waals surface area contributed by atoms with Crippen molar-refractivity contribution in [2.75, 3.05) is 5.75 Å². The number of hydrogen-bond donors (Lipinski definition) is 1. The highest BCUT2D eigenvalue weighted by molar-refractivity contribution is 7.89. The summed E-state index contributed by atoms with van der Waals surface area (Å²) in [6.45, 7) is 3.81. The zero-order valence-electron chi connectivity index (χ0n) is 13.1. The second-order valence-electron chi connectivity index (χ2n) is 5.13. The summed E-state index contributed by atoms with van der Waals surface area (Å²) in [7, 11) is 0. The van der Waals surface area contributed by atoms with Crippen molar-refractivity contribution in [3.8, 4) is 11.4 Å². The molecule has 132 valence electrons. The Balaban J connectivity index is 2.10. The van der Waals surface area contributed by atoms with Crippen LogP contribution in [-0.4, -0.2) is 24.6 Å². The molecule has 1 unspecified atom stereocenters. The number of nitrogens with zero attached hydrogens (tertiary/aromatic N) is 3. The van der Waals surface area contributed by atoms with E-state index in [0.29, 0.717) is 10.8 Å². The summed E-state index contributed by atoms with van der Waals surface area (Å²) in [6, 6.07) is 2.06. The van der Waals surface area contributed by atoms with Crippen molar-refractivity contribution in [1.82, 2.24) is 19.1 Å². The summed E-state index contributed by atoms with van der Waals surface area (Å²) in [5.74, 6) is 0.752. The molecule has 0 aliphatic carbocycles. The number of unbranched alkanes of at least 4 members (excludes halogenated alkanes) is 1. The Hall–Kier alpha value is -1.23. The van der Waals surface area contributed by atoms with Gasteiger partial charge in [0.25, 0.3) is 0 Å². The molecule has 0 aliphatic heterocycles. The monoisotopic (exact) mass is 378 g/mol. The van der Waals surface area contributed by atoms with Gasteiger partial charge in [-0.15, -0.1) is 4.72 Å². The van der Waals surface area contributed by atoms with Gasteiger partial charge in [0.15, 0.2) is 5.82 Å². The van der Waals surface area contributed by atoms with Crippen molar-refractivity contribution in [1.29, 1.82) is 0 Å². The average Bonchev–Trinajstić information content (AvgIpc) is 3.02. The molecule has 0 bridgehead atoms. The number of nitrogens with one attached hydrogen (secondary N) is 1. The minimum Gasteiger partial charge on any atom is -0.598 e. The fraction of sp³-hybridized carbons (Fsp3) is 0.500. The molecule has 0 radical (unpaired) electrons. The minimum atomic E-state index is -4.51. The van der Waals surface area contributed by atoms with Gasteiger partial charge < -0.3 is 4.55 Å². The highest BCUT2D eigenvalue weighted by Crippen LogP contribution is 2.30. The topological polar surface area (TPSA) is 73.8 Å². The van der Waals surface area contributed by atoms with Crippen molar-refractivity contribution in [2.45, 2.75) is 38.9 Å². The molecule has 2 rings (SSSR count). The van der Waals surface area contributed by atoms with Crippen molar-refractivity contribution in [2.24, 2.45) is 0 Å². The number of hydrogen-bond acceptors (Lipinski definition) is 6. The first-order valence-corrected chi connectivity index (χ1v) is 9.42. The first-order valence-electron chi connectivity index (χ1n) is 7.33. The summed E-state index contributed by atoms with van der Waals surface area (Å²) in [4.78, 5) is 7.57. The predicted molar refractivity (Wildman–Crippen MR) is 87.6 cm³/mol. The lowest BCUT2D eigenvalue weighted by Gasteiger charge is -2.14. The molecule has 0 aromatic carbocycles. The summed E-state index contributed by atoms with van der Waals surface area (Å²) >= 11 is -0.0991. The van der Waals surface area contributed by atoms with E-state index in [2.05, 4.69) is 19.1 Å². The van der Waals surface area contributed by atoms with E-state index in [1.807, 2.05) is 6.92 Å². The van der Waals surface area contributed by atoms with Crippen molar-refractivity contribution >= 4 is 22.9 Å². The van der Waals surface area contributed by atoms with Gasteiger partial charge in [-0.3, -0.25) is 4.98 Å². The van der Waals surface area contributed by atoms with E-state index in [-0.39, 0.29) is 17.4 Å². The maximum Gasteiger partial charge on any atom is 0.433 e. The molecule has 0 saturated carbocycles. The minimum absolute atomic E-state index is 0.205. The van der Waals surface area contributed by atoms with Crippen molar-refractivity contribution < 1.29 is 17.7 Å². The van der Waals surface area contributed by atoms with Gasteiger partial charge in [-0.1, -0.05) is 13.3 Å². The Morgan fingerprint density at radius 1 is 1.42 bits per heavy atom. The number of rotatable bonds is 7. The first-order chi connectivity index (χ1) is 11.3. The van der Waals surface area contributed by atoms with Crippen LogP contribution in [0, 0.1) is 0 Å². The molecule has 24 heavy (non-hydrogen) atoms. The van der Waals surface area contributed by atoms with Gasteiger partial charge in [0.2, 0.25) is 0 Å². The molecule has 0 fully saturated rings. The van der Waals surface area contributed by atoms with Gasteiger partial charge in [0.05, 0.1) is 0 Å². The fourth-order valence-corrected chi connectivity index (χ4v) is 3.75. The molecule has 0 amide bonds. The highest BCUT2D eigenvalue weighted by atomic mass is 32.2. The van der Waals surface area contributed by atoms with Gasteiger partial charge >= 0.3 is 6.18 Å². The lowest BCUT2D eigenvalue weighted by atomic mass is 10.2. The normalized spacial score (nSPS) is 14.6. The maximum absolute atomic E-state index is 12.7. The van der Waals surface area contributed by atoms with Crippen LogP contribution >= 0.6 is 11.5 Å². The second kappa shape index (κ2) is 8.24. The predicted octanol–water partition coefficient (Wildman–Crippen LogP) is 3.73. The Morgan fingerprint density at radius 3 is 2.83 bits per heavy atom. The van der Waals surface area contributed by atoms with E-state index >= 15 is 0 Å². The van der Waals surface area contributed by atoms with Crippen LogP contribution in [-0.2, 0) is 17.5 Å². The van der Waals surface area contributed by atoms with E-state index in [1.165, 1.54) is 6.07 Å². The molecular weight excluding hydrogens is 361 g/mol. The highest BCUT2D eigenvalue weighted by Gasteiger charge is 2.32. The molecule has 2 aromatic heterocycles. The van der Waals surface area contributed by atoms with Gasteiger partial charge in [0, 0.05) is 23.1 Å². The molecule has 0 saturated heterocycles. The lowest BCUT2D eigenvalue weighted by Crippen LogP contribution is -2.29. The van der Waals surface area contributed by atoms with Crippen LogP contribution in [0.25, 0.3) is 11.4 Å². The van der Waals surface area contributed by atoms with Crippen LogP contribution in [0.5, 0.6) is 0 Å². The molecule has 10 heteroatoms. The Bertz CT molecular complexity index is 665. The van der Waals surface area contributed by atoms with Gasteiger partial charge in [-0.25, -0.2) is 4.98 Å². The van der Waals surface area contributed by atoms with E-state index in [0.717, 1.165) is 36.6 Å². The molecule has 0 spiro atoms. The SMILES string of the molecule is CCCC[S+]([O-])N[C@@H](C)c1nc(-c2ccnc(C(F)(F)F)c2)ns1. The fourth-order valence-electron chi connectivity index (χ4n) is 1.83. The van der Waals surface area contributed by atoms with E-state index in [1.54, 1.807) is 6.92 Å². The first kappa shape index (κ1) is 19.1. The van der Waals surface area contributed by atoms with Crippen LogP contribution < -0.4 is 4.72 Å². The molecule has 5 nitrogen and oxygen atoms in total. The third kappa shape index (κ3) is 5.13. The van der Waals surface area contributed by atoms with Crippen LogP contribution in [0.2, 0.25) is 0 Å². The average molecular weight is 378 g/mol. The van der Waals surface area contributed by atoms with Crippen molar-refractivity contribution in [3.63, 3.8) is 0 Å². The summed E-state index contributed by atoms with van der Waals surface area (Å²) in [5, 5.41) is 0.570. The van der Waals surface area contributed by atoms with Gasteiger partial charge in [-0.2, -0.15) is 17.5 Å². The van der Waals surface area contributed by atoms with Gasteiger partial charge in [-0.05, 0) is 37.0 Å².